The van der Waals surface area contributed by atoms with Crippen LogP contribution >= 0.6 is 0 Å². The van der Waals surface area contributed by atoms with Gasteiger partial charge in [-0.2, -0.15) is 23.3 Å². The molecule has 7 nitrogen and oxygen atoms in total. The Labute approximate surface area is 133 Å². The lowest BCUT2D eigenvalue weighted by Gasteiger charge is -2.10. The number of hydrogen-bond donors (Lipinski definition) is 3. The minimum absolute atomic E-state index is 0.00979. The van der Waals surface area contributed by atoms with Crippen LogP contribution in [0.15, 0.2) is 30.3 Å². The number of H-pyrrole nitrogens is 2. The van der Waals surface area contributed by atoms with Crippen LogP contribution in [-0.2, 0) is 6.18 Å². The summed E-state index contributed by atoms with van der Waals surface area (Å²) in [6, 6.07) is 6.24. The monoisotopic (exact) mass is 336 g/mol. The van der Waals surface area contributed by atoms with Crippen LogP contribution in [0.4, 0.5) is 19.1 Å². The van der Waals surface area contributed by atoms with E-state index in [9.17, 15) is 18.0 Å². The Hall–Kier alpha value is -3.17. The number of halogens is 3. The molecule has 0 unspecified atom stereocenters. The third-order valence-electron chi connectivity index (χ3n) is 3.15. The lowest BCUT2D eigenvalue weighted by molar-refractivity contribution is -0.137. The van der Waals surface area contributed by atoms with Crippen molar-refractivity contribution >= 4 is 11.9 Å². The number of aromatic amines is 2. The second kappa shape index (κ2) is 5.80. The number of rotatable bonds is 3. The van der Waals surface area contributed by atoms with Crippen molar-refractivity contribution < 1.29 is 18.0 Å². The maximum atomic E-state index is 13.1. The zero-order valence-electron chi connectivity index (χ0n) is 12.3. The molecule has 2 aromatic heterocycles. The predicted octanol–water partition coefficient (Wildman–Crippen LogP) is 2.77. The molecule has 2 heterocycles. The largest absolute Gasteiger partial charge is 0.417 e. The van der Waals surface area contributed by atoms with Crippen molar-refractivity contribution in [3.8, 4) is 11.3 Å². The standard InChI is InChI=1S/C14H11F3N6O/c1-7-18-13(23-20-7)19-12(24)11-6-10(21-22-11)8-4-2-3-5-9(8)14(15,16)17/h2-6H,1H3,(H,21,22)(H2,18,19,20,23,24). The van der Waals surface area contributed by atoms with Gasteiger partial charge in [-0.05, 0) is 19.1 Å². The molecule has 0 bridgehead atoms. The minimum Gasteiger partial charge on any atom is -0.288 e. The molecule has 0 saturated carbocycles. The Morgan fingerprint density at radius 3 is 2.58 bits per heavy atom. The van der Waals surface area contributed by atoms with Gasteiger partial charge in [-0.15, -0.1) is 5.10 Å². The van der Waals surface area contributed by atoms with Crippen LogP contribution in [0.2, 0.25) is 0 Å². The number of amides is 1. The normalized spacial score (nSPS) is 11.5. The molecular weight excluding hydrogens is 325 g/mol. The smallest absolute Gasteiger partial charge is 0.288 e. The molecule has 3 N–H and O–H groups in total. The van der Waals surface area contributed by atoms with Gasteiger partial charge >= 0.3 is 6.18 Å². The Bertz CT molecular complexity index is 883. The number of alkyl halides is 3. The molecule has 0 radical (unpaired) electrons. The van der Waals surface area contributed by atoms with Gasteiger partial charge in [-0.25, -0.2) is 0 Å². The topological polar surface area (TPSA) is 99.3 Å². The number of benzene rings is 1. The highest BCUT2D eigenvalue weighted by molar-refractivity contribution is 6.02. The third kappa shape index (κ3) is 3.12. The molecule has 0 fully saturated rings. The summed E-state index contributed by atoms with van der Waals surface area (Å²) in [6.45, 7) is 1.66. The summed E-state index contributed by atoms with van der Waals surface area (Å²) in [7, 11) is 0. The van der Waals surface area contributed by atoms with Crippen molar-refractivity contribution in [1.82, 2.24) is 25.4 Å². The van der Waals surface area contributed by atoms with Crippen molar-refractivity contribution in [2.45, 2.75) is 13.1 Å². The average molecular weight is 336 g/mol. The summed E-state index contributed by atoms with van der Waals surface area (Å²) in [4.78, 5) is 16.0. The van der Waals surface area contributed by atoms with Crippen LogP contribution < -0.4 is 5.32 Å². The Morgan fingerprint density at radius 2 is 1.92 bits per heavy atom. The molecule has 3 rings (SSSR count). The molecule has 3 aromatic rings. The number of aryl methyl sites for hydroxylation is 1. The van der Waals surface area contributed by atoms with E-state index in [-0.39, 0.29) is 22.9 Å². The number of aromatic nitrogens is 5. The highest BCUT2D eigenvalue weighted by Gasteiger charge is 2.34. The molecule has 124 valence electrons. The number of carbonyl (C=O) groups is 1. The molecule has 24 heavy (non-hydrogen) atoms. The molecule has 0 aliphatic carbocycles. The first-order valence-corrected chi connectivity index (χ1v) is 6.77. The van der Waals surface area contributed by atoms with E-state index in [0.29, 0.717) is 5.82 Å². The Morgan fingerprint density at radius 1 is 1.17 bits per heavy atom. The maximum absolute atomic E-state index is 13.1. The first-order chi connectivity index (χ1) is 11.3. The first-order valence-electron chi connectivity index (χ1n) is 6.77. The summed E-state index contributed by atoms with van der Waals surface area (Å²) in [5, 5.41) is 14.9. The molecule has 0 aliphatic heterocycles. The van der Waals surface area contributed by atoms with Gasteiger partial charge in [0.05, 0.1) is 11.3 Å². The van der Waals surface area contributed by atoms with E-state index in [0.717, 1.165) is 6.07 Å². The summed E-state index contributed by atoms with van der Waals surface area (Å²) < 4.78 is 39.2. The fourth-order valence-corrected chi connectivity index (χ4v) is 2.10. The minimum atomic E-state index is -4.52. The molecule has 1 amide bonds. The number of nitrogens with one attached hydrogen (secondary N) is 3. The van der Waals surface area contributed by atoms with Gasteiger partial charge in [-0.3, -0.25) is 20.3 Å². The number of nitrogens with zero attached hydrogens (tertiary/aromatic N) is 3. The zero-order chi connectivity index (χ0) is 17.3. The highest BCUT2D eigenvalue weighted by atomic mass is 19.4. The van der Waals surface area contributed by atoms with Crippen molar-refractivity contribution in [3.63, 3.8) is 0 Å². The van der Waals surface area contributed by atoms with E-state index in [1.165, 1.54) is 24.3 Å². The second-order valence-corrected chi connectivity index (χ2v) is 4.91. The summed E-state index contributed by atoms with van der Waals surface area (Å²) in [5.74, 6) is -0.0451. The molecule has 0 atom stereocenters. The van der Waals surface area contributed by atoms with Crippen molar-refractivity contribution in [3.05, 3.63) is 47.4 Å². The summed E-state index contributed by atoms with van der Waals surface area (Å²) in [6.07, 6.45) is -4.52. The van der Waals surface area contributed by atoms with Crippen molar-refractivity contribution in [2.24, 2.45) is 0 Å². The van der Waals surface area contributed by atoms with Crippen LogP contribution in [0.3, 0.4) is 0 Å². The van der Waals surface area contributed by atoms with E-state index in [2.05, 4.69) is 30.7 Å². The molecule has 10 heteroatoms. The van der Waals surface area contributed by atoms with Gasteiger partial charge in [0.1, 0.15) is 11.5 Å². The maximum Gasteiger partial charge on any atom is 0.417 e. The fraction of sp³-hybridized carbons (Fsp3) is 0.143. The lowest BCUT2D eigenvalue weighted by atomic mass is 10.0. The molecule has 0 spiro atoms. The van der Waals surface area contributed by atoms with Crippen molar-refractivity contribution in [2.75, 3.05) is 5.32 Å². The molecular formula is C14H11F3N6O. The number of carbonyl (C=O) groups excluding carboxylic acids is 1. The zero-order valence-corrected chi connectivity index (χ0v) is 12.3. The fourth-order valence-electron chi connectivity index (χ4n) is 2.10. The predicted molar refractivity (Wildman–Crippen MR) is 78.1 cm³/mol. The van der Waals surface area contributed by atoms with Gasteiger partial charge in [0, 0.05) is 5.56 Å². The lowest BCUT2D eigenvalue weighted by Crippen LogP contribution is -2.13. The third-order valence-corrected chi connectivity index (χ3v) is 3.15. The van der Waals surface area contributed by atoms with Crippen LogP contribution in [0, 0.1) is 6.92 Å². The Balaban J connectivity index is 1.87. The van der Waals surface area contributed by atoms with E-state index in [1.807, 2.05) is 0 Å². The summed E-state index contributed by atoms with van der Waals surface area (Å²) in [5.41, 5.74) is -0.939. The van der Waals surface area contributed by atoms with E-state index in [4.69, 9.17) is 0 Å². The van der Waals surface area contributed by atoms with Gasteiger partial charge in [0.2, 0.25) is 5.95 Å². The van der Waals surface area contributed by atoms with Gasteiger partial charge in [0.15, 0.2) is 0 Å². The van der Waals surface area contributed by atoms with E-state index >= 15 is 0 Å². The van der Waals surface area contributed by atoms with Crippen LogP contribution in [0.5, 0.6) is 0 Å². The average Bonchev–Trinajstić information content (AvgIpc) is 3.16. The Kier molecular flexibility index (Phi) is 3.80. The SMILES string of the molecule is Cc1nc(NC(=O)c2cc(-c3ccccc3C(F)(F)F)n[nH]2)n[nH]1. The van der Waals surface area contributed by atoms with Crippen molar-refractivity contribution in [1.29, 1.82) is 0 Å². The molecule has 1 aromatic carbocycles. The number of anilines is 1. The molecule has 0 saturated heterocycles. The van der Waals surface area contributed by atoms with Crippen LogP contribution in [-0.4, -0.2) is 31.3 Å². The van der Waals surface area contributed by atoms with E-state index in [1.54, 1.807) is 6.92 Å². The molecule has 0 aliphatic rings. The highest BCUT2D eigenvalue weighted by Crippen LogP contribution is 2.36. The van der Waals surface area contributed by atoms with E-state index < -0.39 is 17.6 Å². The van der Waals surface area contributed by atoms with Gasteiger partial charge in [-0.1, -0.05) is 18.2 Å². The van der Waals surface area contributed by atoms with Gasteiger partial charge < -0.3 is 0 Å². The van der Waals surface area contributed by atoms with Crippen LogP contribution in [0.1, 0.15) is 21.9 Å². The first kappa shape index (κ1) is 15.7. The second-order valence-electron chi connectivity index (χ2n) is 4.91. The van der Waals surface area contributed by atoms with Gasteiger partial charge in [0.25, 0.3) is 5.91 Å². The number of hydrogen-bond acceptors (Lipinski definition) is 4. The summed E-state index contributed by atoms with van der Waals surface area (Å²) >= 11 is 0. The quantitative estimate of drug-likeness (QED) is 0.685. The van der Waals surface area contributed by atoms with Crippen LogP contribution in [0.25, 0.3) is 11.3 Å².